The van der Waals surface area contributed by atoms with Gasteiger partial charge in [-0.3, -0.25) is 0 Å². The van der Waals surface area contributed by atoms with Crippen molar-refractivity contribution in [2.24, 2.45) is 0 Å². The van der Waals surface area contributed by atoms with Crippen molar-refractivity contribution in [3.8, 4) is 6.07 Å². The molecule has 0 aliphatic carbocycles. The summed E-state index contributed by atoms with van der Waals surface area (Å²) in [6.07, 6.45) is 4.04. The van der Waals surface area contributed by atoms with Gasteiger partial charge in [0.15, 0.2) is 0 Å². The molecule has 0 aliphatic heterocycles. The molecule has 2 heteroatoms. The zero-order chi connectivity index (χ0) is 7.82. The minimum absolute atomic E-state index is 0.154. The lowest BCUT2D eigenvalue weighted by Gasteiger charge is -2.04. The van der Waals surface area contributed by atoms with E-state index in [1.165, 1.54) is 0 Å². The van der Waals surface area contributed by atoms with Crippen LogP contribution in [-0.2, 0) is 0 Å². The Morgan fingerprint density at radius 1 is 1.50 bits per heavy atom. The summed E-state index contributed by atoms with van der Waals surface area (Å²) in [5.74, 6) is 0. The average Bonchev–Trinajstić information content (AvgIpc) is 1.98. The molecule has 0 saturated heterocycles. The number of rotatable bonds is 5. The molecule has 0 rings (SSSR count). The number of nitrogens with zero attached hydrogens (tertiary/aromatic N) is 1. The summed E-state index contributed by atoms with van der Waals surface area (Å²) in [5, 5.41) is 17.3. The molecule has 0 fully saturated rings. The summed E-state index contributed by atoms with van der Waals surface area (Å²) in [7, 11) is 0. The van der Waals surface area contributed by atoms with Crippen LogP contribution < -0.4 is 0 Å². The molecule has 0 aliphatic rings. The highest BCUT2D eigenvalue weighted by Crippen LogP contribution is 2.04. The molecule has 58 valence electrons. The Kier molecular flexibility index (Phi) is 6.21. The van der Waals surface area contributed by atoms with Crippen LogP contribution >= 0.6 is 0 Å². The predicted molar refractivity (Wildman–Crippen MR) is 40.4 cm³/mol. The molecular weight excluding hydrogens is 126 g/mol. The molecule has 0 aromatic rings. The molecule has 0 aromatic carbocycles. The first-order valence-corrected chi connectivity index (χ1v) is 3.86. The second-order valence-corrected chi connectivity index (χ2v) is 2.47. The molecule has 0 bridgehead atoms. The van der Waals surface area contributed by atoms with E-state index < -0.39 is 0 Å². The molecule has 0 spiro atoms. The van der Waals surface area contributed by atoms with Gasteiger partial charge in [-0.15, -0.1) is 0 Å². The third-order valence-electron chi connectivity index (χ3n) is 1.55. The first-order valence-electron chi connectivity index (χ1n) is 3.86. The second kappa shape index (κ2) is 6.57. The lowest BCUT2D eigenvalue weighted by Crippen LogP contribution is -2.02. The van der Waals surface area contributed by atoms with Crippen LogP contribution in [-0.4, -0.2) is 11.2 Å². The maximum absolute atomic E-state index is 9.07. The number of aliphatic hydroxyl groups is 1. The van der Waals surface area contributed by atoms with E-state index in [-0.39, 0.29) is 6.10 Å². The smallest absolute Gasteiger partial charge is 0.0621 e. The molecule has 10 heavy (non-hydrogen) atoms. The van der Waals surface area contributed by atoms with Gasteiger partial charge in [0, 0.05) is 6.42 Å². The fourth-order valence-corrected chi connectivity index (χ4v) is 0.788. The Morgan fingerprint density at radius 2 is 2.20 bits per heavy atom. The van der Waals surface area contributed by atoms with Gasteiger partial charge in [-0.2, -0.15) is 5.26 Å². The molecule has 0 heterocycles. The van der Waals surface area contributed by atoms with Gasteiger partial charge in [-0.05, 0) is 25.7 Å². The second-order valence-electron chi connectivity index (χ2n) is 2.47. The largest absolute Gasteiger partial charge is 0.393 e. The summed E-state index contributed by atoms with van der Waals surface area (Å²) < 4.78 is 0. The van der Waals surface area contributed by atoms with E-state index in [1.54, 1.807) is 0 Å². The summed E-state index contributed by atoms with van der Waals surface area (Å²) in [6, 6.07) is 2.08. The highest BCUT2D eigenvalue weighted by Gasteiger charge is 1.98. The topological polar surface area (TPSA) is 44.0 Å². The zero-order valence-corrected chi connectivity index (χ0v) is 6.51. The molecular formula is C8H15NO. The van der Waals surface area contributed by atoms with Crippen molar-refractivity contribution in [3.63, 3.8) is 0 Å². The van der Waals surface area contributed by atoms with Crippen LogP contribution in [0.1, 0.15) is 39.0 Å². The molecule has 0 saturated carbocycles. The SMILES string of the molecule is CCC(O)CCCCC#N. The fourth-order valence-electron chi connectivity index (χ4n) is 0.788. The molecule has 1 N–H and O–H groups in total. The first-order chi connectivity index (χ1) is 4.81. The first kappa shape index (κ1) is 9.45. The van der Waals surface area contributed by atoms with E-state index >= 15 is 0 Å². The van der Waals surface area contributed by atoms with Crippen LogP contribution in [0.15, 0.2) is 0 Å². The van der Waals surface area contributed by atoms with Crippen molar-refractivity contribution >= 4 is 0 Å². The van der Waals surface area contributed by atoms with Crippen molar-refractivity contribution in [1.29, 1.82) is 5.26 Å². The van der Waals surface area contributed by atoms with Crippen LogP contribution in [0.4, 0.5) is 0 Å². The number of aliphatic hydroxyl groups excluding tert-OH is 1. The number of hydrogen-bond donors (Lipinski definition) is 1. The van der Waals surface area contributed by atoms with Crippen molar-refractivity contribution in [2.45, 2.75) is 45.1 Å². The molecule has 0 aromatic heterocycles. The van der Waals surface area contributed by atoms with Crippen molar-refractivity contribution in [3.05, 3.63) is 0 Å². The predicted octanol–water partition coefficient (Wildman–Crippen LogP) is 1.84. The number of nitriles is 1. The van der Waals surface area contributed by atoms with Crippen LogP contribution in [0.5, 0.6) is 0 Å². The van der Waals surface area contributed by atoms with Crippen molar-refractivity contribution in [1.82, 2.24) is 0 Å². The lowest BCUT2D eigenvalue weighted by atomic mass is 10.1. The van der Waals surface area contributed by atoms with Gasteiger partial charge in [0.05, 0.1) is 12.2 Å². The minimum atomic E-state index is -0.154. The van der Waals surface area contributed by atoms with E-state index in [0.717, 1.165) is 25.7 Å². The average molecular weight is 141 g/mol. The van der Waals surface area contributed by atoms with Crippen LogP contribution in [0.3, 0.4) is 0 Å². The summed E-state index contributed by atoms with van der Waals surface area (Å²) in [6.45, 7) is 1.97. The Bertz CT molecular complexity index is 106. The summed E-state index contributed by atoms with van der Waals surface area (Å²) >= 11 is 0. The van der Waals surface area contributed by atoms with Gasteiger partial charge in [0.1, 0.15) is 0 Å². The highest BCUT2D eigenvalue weighted by atomic mass is 16.3. The lowest BCUT2D eigenvalue weighted by molar-refractivity contribution is 0.157. The van der Waals surface area contributed by atoms with Crippen molar-refractivity contribution < 1.29 is 5.11 Å². The van der Waals surface area contributed by atoms with Gasteiger partial charge < -0.3 is 5.11 Å². The molecule has 1 unspecified atom stereocenters. The van der Waals surface area contributed by atoms with Crippen LogP contribution in [0, 0.1) is 11.3 Å². The number of hydrogen-bond acceptors (Lipinski definition) is 2. The Hall–Kier alpha value is -0.550. The van der Waals surface area contributed by atoms with E-state index in [1.807, 2.05) is 6.92 Å². The molecule has 0 radical (unpaired) electrons. The van der Waals surface area contributed by atoms with E-state index in [2.05, 4.69) is 6.07 Å². The third-order valence-corrected chi connectivity index (χ3v) is 1.55. The summed E-state index contributed by atoms with van der Waals surface area (Å²) in [4.78, 5) is 0. The maximum Gasteiger partial charge on any atom is 0.0621 e. The maximum atomic E-state index is 9.07. The Labute approximate surface area is 62.5 Å². The van der Waals surface area contributed by atoms with Gasteiger partial charge in [-0.25, -0.2) is 0 Å². The Balaban J connectivity index is 2.98. The Morgan fingerprint density at radius 3 is 2.70 bits per heavy atom. The standard InChI is InChI=1S/C8H15NO/c1-2-8(10)6-4-3-5-7-9/h8,10H,2-6H2,1H3. The highest BCUT2D eigenvalue weighted by molar-refractivity contribution is 4.68. The minimum Gasteiger partial charge on any atom is -0.393 e. The molecule has 1 atom stereocenters. The van der Waals surface area contributed by atoms with E-state index in [0.29, 0.717) is 6.42 Å². The van der Waals surface area contributed by atoms with Crippen LogP contribution in [0.2, 0.25) is 0 Å². The van der Waals surface area contributed by atoms with Gasteiger partial charge in [0.25, 0.3) is 0 Å². The van der Waals surface area contributed by atoms with E-state index in [4.69, 9.17) is 10.4 Å². The number of unbranched alkanes of at least 4 members (excludes halogenated alkanes) is 2. The monoisotopic (exact) mass is 141 g/mol. The molecule has 2 nitrogen and oxygen atoms in total. The van der Waals surface area contributed by atoms with E-state index in [9.17, 15) is 0 Å². The zero-order valence-electron chi connectivity index (χ0n) is 6.51. The van der Waals surface area contributed by atoms with Gasteiger partial charge in [0.2, 0.25) is 0 Å². The quantitative estimate of drug-likeness (QED) is 0.594. The van der Waals surface area contributed by atoms with Crippen molar-refractivity contribution in [2.75, 3.05) is 0 Å². The summed E-state index contributed by atoms with van der Waals surface area (Å²) in [5.41, 5.74) is 0. The normalized spacial score (nSPS) is 12.5. The van der Waals surface area contributed by atoms with Crippen LogP contribution in [0.25, 0.3) is 0 Å². The van der Waals surface area contributed by atoms with Gasteiger partial charge >= 0.3 is 0 Å². The molecule has 0 amide bonds. The third kappa shape index (κ3) is 5.58. The fraction of sp³-hybridized carbons (Fsp3) is 0.875. The van der Waals surface area contributed by atoms with Gasteiger partial charge in [-0.1, -0.05) is 6.92 Å².